The Hall–Kier alpha value is -3.00. The van der Waals surface area contributed by atoms with Crippen LogP contribution in [0.4, 0.5) is 0 Å². The molecule has 0 saturated heterocycles. The summed E-state index contributed by atoms with van der Waals surface area (Å²) >= 11 is 5.89. The van der Waals surface area contributed by atoms with Crippen molar-refractivity contribution in [1.82, 2.24) is 30.3 Å². The van der Waals surface area contributed by atoms with Gasteiger partial charge in [0.25, 0.3) is 5.56 Å². The van der Waals surface area contributed by atoms with Crippen molar-refractivity contribution >= 4 is 22.6 Å². The average molecular weight is 385 g/mol. The zero-order valence-corrected chi connectivity index (χ0v) is 15.5. The number of nitrogens with zero attached hydrogens (tertiary/aromatic N) is 4. The minimum absolute atomic E-state index is 0.190. The zero-order valence-electron chi connectivity index (χ0n) is 14.8. The highest BCUT2D eigenvalue weighted by Gasteiger charge is 2.15. The lowest BCUT2D eigenvalue weighted by atomic mass is 10.1. The van der Waals surface area contributed by atoms with E-state index in [0.717, 1.165) is 11.3 Å². The quantitative estimate of drug-likeness (QED) is 0.546. The Balaban J connectivity index is 1.54. The van der Waals surface area contributed by atoms with E-state index in [1.54, 1.807) is 12.1 Å². The lowest BCUT2D eigenvalue weighted by Gasteiger charge is -2.02. The molecule has 0 radical (unpaired) electrons. The molecule has 3 aromatic heterocycles. The predicted molar refractivity (Wildman–Crippen MR) is 101 cm³/mol. The van der Waals surface area contributed by atoms with E-state index in [2.05, 4.69) is 30.3 Å². The molecule has 0 atom stereocenters. The minimum Gasteiger partial charge on any atom is -0.339 e. The van der Waals surface area contributed by atoms with Gasteiger partial charge in [0, 0.05) is 23.4 Å². The molecule has 4 rings (SSSR count). The van der Waals surface area contributed by atoms with E-state index in [1.807, 2.05) is 26.0 Å². The molecule has 0 aliphatic heterocycles. The fourth-order valence-corrected chi connectivity index (χ4v) is 2.92. The molecule has 4 aromatic rings. The Morgan fingerprint density at radius 2 is 1.89 bits per heavy atom. The third-order valence-electron chi connectivity index (χ3n) is 4.21. The van der Waals surface area contributed by atoms with Crippen LogP contribution in [0.15, 0.2) is 33.6 Å². The Bertz CT molecular complexity index is 1140. The molecule has 3 heterocycles. The van der Waals surface area contributed by atoms with E-state index >= 15 is 0 Å². The molecule has 138 valence electrons. The van der Waals surface area contributed by atoms with Crippen LogP contribution in [0.25, 0.3) is 22.4 Å². The summed E-state index contributed by atoms with van der Waals surface area (Å²) < 4.78 is 5.30. The zero-order chi connectivity index (χ0) is 19.0. The summed E-state index contributed by atoms with van der Waals surface area (Å²) in [6.07, 6.45) is 0.931. The second kappa shape index (κ2) is 6.96. The van der Waals surface area contributed by atoms with Crippen molar-refractivity contribution in [2.45, 2.75) is 32.6 Å². The summed E-state index contributed by atoms with van der Waals surface area (Å²) in [5.74, 6) is 1.71. The molecule has 0 bridgehead atoms. The number of rotatable bonds is 5. The number of benzene rings is 1. The monoisotopic (exact) mass is 384 g/mol. The topological polar surface area (TPSA) is 113 Å². The largest absolute Gasteiger partial charge is 0.339 e. The summed E-state index contributed by atoms with van der Waals surface area (Å²) in [5, 5.41) is 11.6. The minimum atomic E-state index is -0.259. The highest BCUT2D eigenvalue weighted by Crippen LogP contribution is 2.20. The summed E-state index contributed by atoms with van der Waals surface area (Å²) in [4.78, 5) is 23.9. The fourth-order valence-electron chi connectivity index (χ4n) is 2.79. The van der Waals surface area contributed by atoms with Gasteiger partial charge in [-0.1, -0.05) is 30.6 Å². The molecule has 0 amide bonds. The Labute approximate surface area is 159 Å². The van der Waals surface area contributed by atoms with Crippen LogP contribution in [0.3, 0.4) is 0 Å². The van der Waals surface area contributed by atoms with Crippen LogP contribution in [0, 0.1) is 0 Å². The second-order valence-electron chi connectivity index (χ2n) is 6.52. The number of nitrogens with one attached hydrogen (secondary N) is 2. The van der Waals surface area contributed by atoms with Crippen molar-refractivity contribution in [1.29, 1.82) is 0 Å². The predicted octanol–water partition coefficient (Wildman–Crippen LogP) is 3.26. The van der Waals surface area contributed by atoms with Crippen LogP contribution < -0.4 is 5.56 Å². The van der Waals surface area contributed by atoms with Crippen molar-refractivity contribution < 1.29 is 4.52 Å². The van der Waals surface area contributed by atoms with Crippen molar-refractivity contribution in [3.05, 3.63) is 57.1 Å². The number of aryl methyl sites for hydroxylation is 2. The Kier molecular flexibility index (Phi) is 4.49. The molecule has 0 unspecified atom stereocenters. The van der Waals surface area contributed by atoms with Gasteiger partial charge in [-0.25, -0.2) is 4.98 Å². The van der Waals surface area contributed by atoms with Crippen LogP contribution in [0.1, 0.15) is 37.2 Å². The maximum absolute atomic E-state index is 12.2. The van der Waals surface area contributed by atoms with Crippen LogP contribution >= 0.6 is 11.6 Å². The van der Waals surface area contributed by atoms with Gasteiger partial charge < -0.3 is 9.51 Å². The van der Waals surface area contributed by atoms with Crippen molar-refractivity contribution in [3.63, 3.8) is 0 Å². The summed E-state index contributed by atoms with van der Waals surface area (Å²) in [7, 11) is 0. The van der Waals surface area contributed by atoms with Crippen molar-refractivity contribution in [2.75, 3.05) is 0 Å². The average Bonchev–Trinajstić information content (AvgIpc) is 3.28. The maximum Gasteiger partial charge on any atom is 0.279 e. The standard InChI is InChI=1S/C18H17ClN6O2/c1-9(2)14-15-16(24-23-14)18(26)21-12(20-15)7-8-13-22-17(25-27-13)10-3-5-11(19)6-4-10/h3-6,9H,7-8H2,1-2H3,(H,23,24)(H,20,21,26). The highest BCUT2D eigenvalue weighted by molar-refractivity contribution is 6.30. The van der Waals surface area contributed by atoms with Crippen LogP contribution in [0.5, 0.6) is 0 Å². The molecule has 2 N–H and O–H groups in total. The molecule has 0 aliphatic rings. The molecule has 0 aliphatic carbocycles. The third-order valence-corrected chi connectivity index (χ3v) is 4.46. The van der Waals surface area contributed by atoms with Gasteiger partial charge in [-0.15, -0.1) is 0 Å². The van der Waals surface area contributed by atoms with Gasteiger partial charge in [0.1, 0.15) is 11.3 Å². The van der Waals surface area contributed by atoms with Crippen LogP contribution in [0.2, 0.25) is 5.02 Å². The first-order chi connectivity index (χ1) is 13.0. The number of aromatic nitrogens is 6. The Morgan fingerprint density at radius 1 is 1.11 bits per heavy atom. The van der Waals surface area contributed by atoms with Crippen LogP contribution in [-0.4, -0.2) is 30.3 Å². The van der Waals surface area contributed by atoms with Gasteiger partial charge in [-0.2, -0.15) is 10.1 Å². The van der Waals surface area contributed by atoms with E-state index < -0.39 is 0 Å². The molecular weight excluding hydrogens is 368 g/mol. The molecule has 9 heteroatoms. The van der Waals surface area contributed by atoms with Crippen LogP contribution in [-0.2, 0) is 12.8 Å². The van der Waals surface area contributed by atoms with Gasteiger partial charge in [-0.05, 0) is 30.2 Å². The number of H-pyrrole nitrogens is 2. The van der Waals surface area contributed by atoms with E-state index in [0.29, 0.717) is 46.4 Å². The van der Waals surface area contributed by atoms with Gasteiger partial charge in [0.15, 0.2) is 5.52 Å². The SMILES string of the molecule is CC(C)c1[nH]nc2c(=O)[nH]c(CCc3nc(-c4ccc(Cl)cc4)no3)nc12. The smallest absolute Gasteiger partial charge is 0.279 e. The summed E-state index contributed by atoms with van der Waals surface area (Å²) in [5.41, 5.74) is 2.34. The first-order valence-electron chi connectivity index (χ1n) is 8.57. The van der Waals surface area contributed by atoms with Gasteiger partial charge in [-0.3, -0.25) is 9.89 Å². The molecule has 1 aromatic carbocycles. The van der Waals surface area contributed by atoms with Gasteiger partial charge >= 0.3 is 0 Å². The third kappa shape index (κ3) is 3.48. The second-order valence-corrected chi connectivity index (χ2v) is 6.96. The summed E-state index contributed by atoms with van der Waals surface area (Å²) in [6, 6.07) is 7.20. The van der Waals surface area contributed by atoms with E-state index in [-0.39, 0.29) is 11.5 Å². The lowest BCUT2D eigenvalue weighted by Crippen LogP contribution is -2.12. The number of halogens is 1. The van der Waals surface area contributed by atoms with Gasteiger partial charge in [0.2, 0.25) is 11.7 Å². The number of hydrogen-bond donors (Lipinski definition) is 2. The first kappa shape index (κ1) is 17.4. The number of aromatic amines is 2. The maximum atomic E-state index is 12.2. The molecule has 0 fully saturated rings. The molecule has 27 heavy (non-hydrogen) atoms. The van der Waals surface area contributed by atoms with Crippen molar-refractivity contribution in [2.24, 2.45) is 0 Å². The van der Waals surface area contributed by atoms with E-state index in [4.69, 9.17) is 16.1 Å². The fraction of sp³-hybridized carbons (Fsp3) is 0.278. The first-order valence-corrected chi connectivity index (χ1v) is 8.94. The molecular formula is C18H17ClN6O2. The number of hydrogen-bond acceptors (Lipinski definition) is 6. The highest BCUT2D eigenvalue weighted by atomic mass is 35.5. The molecule has 0 saturated carbocycles. The lowest BCUT2D eigenvalue weighted by molar-refractivity contribution is 0.378. The Morgan fingerprint density at radius 3 is 2.63 bits per heavy atom. The van der Waals surface area contributed by atoms with Gasteiger partial charge in [0.05, 0.1) is 5.69 Å². The summed E-state index contributed by atoms with van der Waals surface area (Å²) in [6.45, 7) is 4.04. The molecule has 8 nitrogen and oxygen atoms in total. The molecule has 0 spiro atoms. The van der Waals surface area contributed by atoms with Crippen molar-refractivity contribution in [3.8, 4) is 11.4 Å². The normalized spacial score (nSPS) is 11.6. The number of fused-ring (bicyclic) bond motifs is 1. The van der Waals surface area contributed by atoms with E-state index in [1.165, 1.54) is 0 Å². The van der Waals surface area contributed by atoms with E-state index in [9.17, 15) is 4.79 Å².